The molecule has 0 bridgehead atoms. The third-order valence-electron chi connectivity index (χ3n) is 4.69. The summed E-state index contributed by atoms with van der Waals surface area (Å²) in [5.41, 5.74) is 1.78. The number of esters is 1. The first-order valence-corrected chi connectivity index (χ1v) is 11.0. The quantitative estimate of drug-likeness (QED) is 0.153. The molecule has 0 radical (unpaired) electrons. The molecule has 2 rings (SSSR count). The zero-order chi connectivity index (χ0) is 23.2. The molecule has 170 valence electrons. The Kier molecular flexibility index (Phi) is 10.8. The minimum atomic E-state index is -0.489. The maximum Gasteiger partial charge on any atom is 0.336 e. The fraction of sp³-hybridized carbons (Fsp3) is 0.333. The van der Waals surface area contributed by atoms with Crippen molar-refractivity contribution >= 4 is 18.0 Å². The number of hydrogen-bond acceptors (Lipinski definition) is 4. The molecule has 0 spiro atoms. The number of allylic oxidation sites excluding steroid dienone is 2. The van der Waals surface area contributed by atoms with E-state index in [9.17, 15) is 9.59 Å². The largest absolute Gasteiger partial charge is 0.493 e. The molecule has 5 heteroatoms. The third kappa shape index (κ3) is 9.65. The second kappa shape index (κ2) is 13.9. The Morgan fingerprint density at radius 3 is 2.53 bits per heavy atom. The Bertz CT molecular complexity index is 917. The van der Waals surface area contributed by atoms with E-state index in [4.69, 9.17) is 9.47 Å². The molecule has 0 aliphatic rings. The monoisotopic (exact) mass is 435 g/mol. The van der Waals surface area contributed by atoms with Crippen LogP contribution in [-0.4, -0.2) is 19.0 Å². The lowest BCUT2D eigenvalue weighted by Crippen LogP contribution is -2.22. The second-order valence-corrected chi connectivity index (χ2v) is 7.85. The number of hydrogen-bond donors (Lipinski definition) is 1. The molecule has 0 saturated carbocycles. The van der Waals surface area contributed by atoms with Crippen molar-refractivity contribution < 1.29 is 19.1 Å². The summed E-state index contributed by atoms with van der Waals surface area (Å²) in [5.74, 6) is 0.876. The highest BCUT2D eigenvalue weighted by Crippen LogP contribution is 2.28. The number of unbranched alkanes of at least 4 members (excludes halogenated alkanes) is 2. The third-order valence-corrected chi connectivity index (χ3v) is 4.69. The van der Waals surface area contributed by atoms with Gasteiger partial charge < -0.3 is 14.8 Å². The summed E-state index contributed by atoms with van der Waals surface area (Å²) in [6.45, 7) is 4.70. The summed E-state index contributed by atoms with van der Waals surface area (Å²) in [4.78, 5) is 24.2. The van der Waals surface area contributed by atoms with Gasteiger partial charge in [0.25, 0.3) is 0 Å². The van der Waals surface area contributed by atoms with Crippen LogP contribution in [0, 0.1) is 5.92 Å². The lowest BCUT2D eigenvalue weighted by Gasteiger charge is -2.11. The first kappa shape index (κ1) is 24.9. The van der Waals surface area contributed by atoms with Crippen LogP contribution in [0.5, 0.6) is 11.5 Å². The molecule has 0 atom stereocenters. The van der Waals surface area contributed by atoms with Gasteiger partial charge in [-0.05, 0) is 54.5 Å². The molecule has 1 amide bonds. The fourth-order valence-corrected chi connectivity index (χ4v) is 2.98. The second-order valence-electron chi connectivity index (χ2n) is 7.85. The van der Waals surface area contributed by atoms with E-state index >= 15 is 0 Å². The molecule has 5 nitrogen and oxygen atoms in total. The molecule has 0 fully saturated rings. The lowest BCUT2D eigenvalue weighted by molar-refractivity contribution is -0.129. The van der Waals surface area contributed by atoms with Gasteiger partial charge in [-0.25, -0.2) is 4.79 Å². The SMILES string of the molecule is COc1cc(CNC(=O)CCCC/C=C\C(C)C)ccc1OC(=O)/C=C/c1ccccc1. The number of benzene rings is 2. The van der Waals surface area contributed by atoms with Crippen LogP contribution in [0.1, 0.15) is 50.7 Å². The van der Waals surface area contributed by atoms with Gasteiger partial charge in [0.15, 0.2) is 11.5 Å². The number of carbonyl (C=O) groups is 2. The van der Waals surface area contributed by atoms with Crippen LogP contribution in [0.3, 0.4) is 0 Å². The van der Waals surface area contributed by atoms with Crippen molar-refractivity contribution in [1.29, 1.82) is 0 Å². The Hall–Kier alpha value is -3.34. The zero-order valence-corrected chi connectivity index (χ0v) is 19.2. The number of carbonyl (C=O) groups excluding carboxylic acids is 2. The van der Waals surface area contributed by atoms with Crippen LogP contribution in [0.25, 0.3) is 6.08 Å². The van der Waals surface area contributed by atoms with Gasteiger partial charge in [0.05, 0.1) is 7.11 Å². The van der Waals surface area contributed by atoms with Crippen molar-refractivity contribution in [3.63, 3.8) is 0 Å². The molecular weight excluding hydrogens is 402 g/mol. The fourth-order valence-electron chi connectivity index (χ4n) is 2.98. The van der Waals surface area contributed by atoms with Crippen molar-refractivity contribution in [2.75, 3.05) is 7.11 Å². The molecule has 1 N–H and O–H groups in total. The predicted octanol–water partition coefficient (Wildman–Crippen LogP) is 5.70. The molecule has 0 aliphatic carbocycles. The number of methoxy groups -OCH3 is 1. The molecule has 0 unspecified atom stereocenters. The smallest absolute Gasteiger partial charge is 0.336 e. The first-order valence-electron chi connectivity index (χ1n) is 11.0. The van der Waals surface area contributed by atoms with Crippen LogP contribution < -0.4 is 14.8 Å². The number of nitrogens with one attached hydrogen (secondary N) is 1. The van der Waals surface area contributed by atoms with E-state index in [-0.39, 0.29) is 5.91 Å². The summed E-state index contributed by atoms with van der Waals surface area (Å²) in [5, 5.41) is 2.93. The van der Waals surface area contributed by atoms with E-state index in [2.05, 4.69) is 31.3 Å². The van der Waals surface area contributed by atoms with Crippen molar-refractivity contribution in [2.24, 2.45) is 5.92 Å². The van der Waals surface area contributed by atoms with Gasteiger partial charge in [-0.2, -0.15) is 0 Å². The molecular formula is C27H33NO4. The van der Waals surface area contributed by atoms with E-state index in [1.807, 2.05) is 36.4 Å². The van der Waals surface area contributed by atoms with Gasteiger partial charge >= 0.3 is 5.97 Å². The highest BCUT2D eigenvalue weighted by atomic mass is 16.6. The summed E-state index contributed by atoms with van der Waals surface area (Å²) in [7, 11) is 1.52. The van der Waals surface area contributed by atoms with Crippen molar-refractivity contribution in [2.45, 2.75) is 46.1 Å². The van der Waals surface area contributed by atoms with Gasteiger partial charge in [-0.15, -0.1) is 0 Å². The average molecular weight is 436 g/mol. The Morgan fingerprint density at radius 2 is 1.81 bits per heavy atom. The van der Waals surface area contributed by atoms with Gasteiger partial charge in [0, 0.05) is 19.0 Å². The molecule has 32 heavy (non-hydrogen) atoms. The maximum atomic E-state index is 12.1. The molecule has 2 aromatic rings. The topological polar surface area (TPSA) is 64.6 Å². The summed E-state index contributed by atoms with van der Waals surface area (Å²) < 4.78 is 10.8. The number of rotatable bonds is 12. The zero-order valence-electron chi connectivity index (χ0n) is 19.2. The van der Waals surface area contributed by atoms with E-state index < -0.39 is 5.97 Å². The van der Waals surface area contributed by atoms with Crippen LogP contribution in [-0.2, 0) is 16.1 Å². The Balaban J connectivity index is 1.80. The highest BCUT2D eigenvalue weighted by molar-refractivity contribution is 5.89. The lowest BCUT2D eigenvalue weighted by atomic mass is 10.1. The van der Waals surface area contributed by atoms with Crippen LogP contribution in [0.4, 0.5) is 0 Å². The summed E-state index contributed by atoms with van der Waals surface area (Å²) >= 11 is 0. The van der Waals surface area contributed by atoms with E-state index in [0.29, 0.717) is 30.4 Å². The summed E-state index contributed by atoms with van der Waals surface area (Å²) in [6.07, 6.45) is 10.8. The maximum absolute atomic E-state index is 12.1. The van der Waals surface area contributed by atoms with Crippen LogP contribution >= 0.6 is 0 Å². The van der Waals surface area contributed by atoms with E-state index in [1.165, 1.54) is 13.2 Å². The van der Waals surface area contributed by atoms with Gasteiger partial charge in [0.1, 0.15) is 0 Å². The van der Waals surface area contributed by atoms with Gasteiger partial charge in [0.2, 0.25) is 5.91 Å². The molecule has 0 aliphatic heterocycles. The highest BCUT2D eigenvalue weighted by Gasteiger charge is 2.10. The molecule has 2 aromatic carbocycles. The van der Waals surface area contributed by atoms with Crippen LogP contribution in [0.2, 0.25) is 0 Å². The molecule has 0 aromatic heterocycles. The van der Waals surface area contributed by atoms with Gasteiger partial charge in [-0.3, -0.25) is 4.79 Å². The first-order chi connectivity index (χ1) is 15.5. The minimum Gasteiger partial charge on any atom is -0.493 e. The Labute approximate surface area is 191 Å². The molecule has 0 saturated heterocycles. The number of amides is 1. The summed E-state index contributed by atoms with van der Waals surface area (Å²) in [6, 6.07) is 14.8. The average Bonchev–Trinajstić information content (AvgIpc) is 2.79. The predicted molar refractivity (Wildman–Crippen MR) is 128 cm³/mol. The van der Waals surface area contributed by atoms with E-state index in [1.54, 1.807) is 18.2 Å². The van der Waals surface area contributed by atoms with E-state index in [0.717, 1.165) is 30.4 Å². The van der Waals surface area contributed by atoms with Crippen molar-refractivity contribution in [3.05, 3.63) is 77.9 Å². The van der Waals surface area contributed by atoms with Gasteiger partial charge in [-0.1, -0.05) is 62.4 Å². The van der Waals surface area contributed by atoms with Crippen LogP contribution in [0.15, 0.2) is 66.8 Å². The van der Waals surface area contributed by atoms with Crippen molar-refractivity contribution in [1.82, 2.24) is 5.32 Å². The number of ether oxygens (including phenoxy) is 2. The van der Waals surface area contributed by atoms with Crippen molar-refractivity contribution in [3.8, 4) is 11.5 Å². The standard InChI is InChI=1S/C27H33NO4/c1-21(2)11-7-4-5-10-14-26(29)28-20-23-15-17-24(25(19-23)31-3)32-27(30)18-16-22-12-8-6-9-13-22/h6-9,11-13,15-19,21H,4-5,10,14,20H2,1-3H3,(H,28,29)/b11-7-,18-16+. The Morgan fingerprint density at radius 1 is 1.03 bits per heavy atom. The molecule has 0 heterocycles. The normalized spacial score (nSPS) is 11.2. The minimum absolute atomic E-state index is 0.0263.